The van der Waals surface area contributed by atoms with Crippen molar-refractivity contribution in [3.8, 4) is 22.5 Å². The van der Waals surface area contributed by atoms with E-state index in [1.165, 1.54) is 18.2 Å². The van der Waals surface area contributed by atoms with Gasteiger partial charge >= 0.3 is 12.1 Å². The van der Waals surface area contributed by atoms with Crippen LogP contribution in [0.4, 0.5) is 13.2 Å². The molecule has 0 aliphatic carbocycles. The average Bonchev–Trinajstić information content (AvgIpc) is 3.22. The minimum Gasteiger partial charge on any atom is -0.481 e. The van der Waals surface area contributed by atoms with Gasteiger partial charge in [-0.25, -0.2) is 13.4 Å². The van der Waals surface area contributed by atoms with E-state index >= 15 is 0 Å². The fraction of sp³-hybridized carbons (Fsp3) is 0.167. The molecule has 0 radical (unpaired) electrons. The van der Waals surface area contributed by atoms with Crippen LogP contribution in [0.1, 0.15) is 18.4 Å². The van der Waals surface area contributed by atoms with Crippen molar-refractivity contribution in [3.05, 3.63) is 72.3 Å². The van der Waals surface area contributed by atoms with Gasteiger partial charge in [-0.15, -0.1) is 0 Å². The molecule has 34 heavy (non-hydrogen) atoms. The molecule has 3 aromatic carbocycles. The number of rotatable bonds is 7. The van der Waals surface area contributed by atoms with Crippen molar-refractivity contribution < 1.29 is 31.5 Å². The summed E-state index contributed by atoms with van der Waals surface area (Å²) in [5, 5.41) is 8.67. The molecule has 0 spiro atoms. The largest absolute Gasteiger partial charge is 0.481 e. The Kier molecular flexibility index (Phi) is 6.18. The summed E-state index contributed by atoms with van der Waals surface area (Å²) in [6, 6.07) is 16.8. The normalized spacial score (nSPS) is 12.2. The van der Waals surface area contributed by atoms with E-state index in [1.54, 1.807) is 36.4 Å². The lowest BCUT2D eigenvalue weighted by atomic mass is 10.0. The number of carbonyl (C=O) groups is 1. The van der Waals surface area contributed by atoms with Crippen LogP contribution in [0, 0.1) is 0 Å². The number of carboxylic acids is 1. The fourth-order valence-electron chi connectivity index (χ4n) is 3.53. The third kappa shape index (κ3) is 5.12. The topological polar surface area (TPSA) is 100 Å². The minimum absolute atomic E-state index is 0.0419. The van der Waals surface area contributed by atoms with Crippen molar-refractivity contribution in [2.45, 2.75) is 23.9 Å². The zero-order valence-electron chi connectivity index (χ0n) is 17.6. The molecule has 0 atom stereocenters. The molecule has 176 valence electrons. The Morgan fingerprint density at radius 3 is 2.09 bits per heavy atom. The van der Waals surface area contributed by atoms with Crippen LogP contribution < -0.4 is 0 Å². The van der Waals surface area contributed by atoms with Gasteiger partial charge < -0.3 is 10.1 Å². The number of hydrogen-bond acceptors (Lipinski definition) is 4. The number of aromatic amines is 1. The molecule has 0 unspecified atom stereocenters. The highest BCUT2D eigenvalue weighted by atomic mass is 32.2. The fourth-order valence-corrected chi connectivity index (χ4v) is 4.84. The second kappa shape index (κ2) is 8.94. The van der Waals surface area contributed by atoms with Gasteiger partial charge in [-0.1, -0.05) is 36.4 Å². The number of benzene rings is 3. The molecule has 10 heteroatoms. The number of halogens is 3. The summed E-state index contributed by atoms with van der Waals surface area (Å²) in [6.07, 6.45) is -4.60. The zero-order valence-corrected chi connectivity index (χ0v) is 18.4. The van der Waals surface area contributed by atoms with Crippen molar-refractivity contribution in [1.29, 1.82) is 0 Å². The molecule has 0 aliphatic rings. The highest BCUT2D eigenvalue weighted by Gasteiger charge is 2.30. The standard InChI is InChI=1S/C24H19F3N2O4S/c25-24(26,27)18-9-12-20-21(14-18)29-23(28-20)17-5-3-15(4-6-17)16-7-10-19(11-8-16)34(32,33)13-1-2-22(30)31/h3-12,14H,1-2,13H2,(H,28,29)(H,30,31). The third-order valence-corrected chi connectivity index (χ3v) is 7.13. The molecule has 2 N–H and O–H groups in total. The Labute approximate surface area is 193 Å². The first kappa shape index (κ1) is 23.5. The molecule has 0 aliphatic heterocycles. The maximum Gasteiger partial charge on any atom is 0.416 e. The van der Waals surface area contributed by atoms with Crippen LogP contribution in [0.5, 0.6) is 0 Å². The van der Waals surface area contributed by atoms with E-state index in [2.05, 4.69) is 9.97 Å². The van der Waals surface area contributed by atoms with Crippen LogP contribution in [-0.2, 0) is 20.8 Å². The number of H-pyrrole nitrogens is 1. The van der Waals surface area contributed by atoms with E-state index in [9.17, 15) is 26.4 Å². The minimum atomic E-state index is -4.44. The maximum absolute atomic E-state index is 12.9. The van der Waals surface area contributed by atoms with E-state index < -0.39 is 27.5 Å². The molecule has 6 nitrogen and oxygen atoms in total. The molecule has 0 bridgehead atoms. The van der Waals surface area contributed by atoms with Crippen molar-refractivity contribution >= 4 is 26.8 Å². The molecule has 0 amide bonds. The number of hydrogen-bond donors (Lipinski definition) is 2. The van der Waals surface area contributed by atoms with Crippen molar-refractivity contribution in [2.75, 3.05) is 5.75 Å². The van der Waals surface area contributed by atoms with Gasteiger partial charge in [-0.3, -0.25) is 4.79 Å². The van der Waals surface area contributed by atoms with Gasteiger partial charge in [0.15, 0.2) is 9.84 Å². The molecule has 4 aromatic rings. The Hall–Kier alpha value is -3.66. The lowest BCUT2D eigenvalue weighted by Gasteiger charge is -2.07. The molecular weight excluding hydrogens is 469 g/mol. The van der Waals surface area contributed by atoms with Crippen molar-refractivity contribution in [1.82, 2.24) is 9.97 Å². The van der Waals surface area contributed by atoms with E-state index in [1.807, 2.05) is 0 Å². The summed E-state index contributed by atoms with van der Waals surface area (Å²) < 4.78 is 63.5. The van der Waals surface area contributed by atoms with Gasteiger partial charge in [0.05, 0.1) is 27.2 Å². The van der Waals surface area contributed by atoms with Crippen LogP contribution in [-0.4, -0.2) is 35.2 Å². The van der Waals surface area contributed by atoms with Crippen molar-refractivity contribution in [3.63, 3.8) is 0 Å². The van der Waals surface area contributed by atoms with Crippen LogP contribution in [0.3, 0.4) is 0 Å². The smallest absolute Gasteiger partial charge is 0.416 e. The monoisotopic (exact) mass is 488 g/mol. The predicted molar refractivity (Wildman–Crippen MR) is 121 cm³/mol. The van der Waals surface area contributed by atoms with Crippen molar-refractivity contribution in [2.24, 2.45) is 0 Å². The highest BCUT2D eigenvalue weighted by molar-refractivity contribution is 7.91. The van der Waals surface area contributed by atoms with Gasteiger partial charge in [-0.05, 0) is 47.9 Å². The van der Waals surface area contributed by atoms with E-state index in [-0.39, 0.29) is 29.0 Å². The Morgan fingerprint density at radius 2 is 1.50 bits per heavy atom. The number of sulfone groups is 1. The van der Waals surface area contributed by atoms with E-state index in [4.69, 9.17) is 5.11 Å². The third-order valence-electron chi connectivity index (χ3n) is 5.32. The molecule has 0 saturated heterocycles. The summed E-state index contributed by atoms with van der Waals surface area (Å²) in [6.45, 7) is 0. The number of aromatic nitrogens is 2. The lowest BCUT2D eigenvalue weighted by Crippen LogP contribution is -2.08. The van der Waals surface area contributed by atoms with E-state index in [0.29, 0.717) is 16.9 Å². The number of aliphatic carboxylic acids is 1. The highest BCUT2D eigenvalue weighted by Crippen LogP contribution is 2.32. The molecular formula is C24H19F3N2O4S. The average molecular weight is 488 g/mol. The molecule has 1 aromatic heterocycles. The number of nitrogens with zero attached hydrogens (tertiary/aromatic N) is 1. The van der Waals surface area contributed by atoms with Gasteiger partial charge in [0, 0.05) is 12.0 Å². The van der Waals surface area contributed by atoms with Crippen LogP contribution in [0.25, 0.3) is 33.5 Å². The summed E-state index contributed by atoms with van der Waals surface area (Å²) in [7, 11) is -3.57. The SMILES string of the molecule is O=C(O)CCCS(=O)(=O)c1ccc(-c2ccc(-c3nc4ccc(C(F)(F)F)cc4[nH]3)cc2)cc1. The van der Waals surface area contributed by atoms with E-state index in [0.717, 1.165) is 23.3 Å². The van der Waals surface area contributed by atoms with Crippen LogP contribution in [0.15, 0.2) is 71.6 Å². The number of nitrogens with one attached hydrogen (secondary N) is 1. The first-order valence-electron chi connectivity index (χ1n) is 10.3. The Morgan fingerprint density at radius 1 is 0.912 bits per heavy atom. The Balaban J connectivity index is 1.52. The number of carboxylic acid groups (broad SMARTS) is 1. The molecule has 0 saturated carbocycles. The number of fused-ring (bicyclic) bond motifs is 1. The Bertz CT molecular complexity index is 1440. The van der Waals surface area contributed by atoms with Gasteiger partial charge in [0.1, 0.15) is 5.82 Å². The first-order chi connectivity index (χ1) is 16.0. The predicted octanol–water partition coefficient (Wildman–Crippen LogP) is 5.55. The molecule has 4 rings (SSSR count). The number of alkyl halides is 3. The quantitative estimate of drug-likeness (QED) is 0.355. The summed E-state index contributed by atoms with van der Waals surface area (Å²) in [4.78, 5) is 18.0. The van der Waals surface area contributed by atoms with Crippen LogP contribution >= 0.6 is 0 Å². The van der Waals surface area contributed by atoms with Gasteiger partial charge in [0.25, 0.3) is 0 Å². The summed E-state index contributed by atoms with van der Waals surface area (Å²) in [5.41, 5.74) is 2.23. The second-order valence-electron chi connectivity index (χ2n) is 7.73. The molecule has 1 heterocycles. The van der Waals surface area contributed by atoms with Gasteiger partial charge in [-0.2, -0.15) is 13.2 Å². The first-order valence-corrected chi connectivity index (χ1v) is 11.9. The van der Waals surface area contributed by atoms with Gasteiger partial charge in [0.2, 0.25) is 0 Å². The molecule has 0 fully saturated rings. The summed E-state index contributed by atoms with van der Waals surface area (Å²) in [5.74, 6) is -0.846. The van der Waals surface area contributed by atoms with Crippen LogP contribution in [0.2, 0.25) is 0 Å². The zero-order chi connectivity index (χ0) is 24.5. The summed E-state index contributed by atoms with van der Waals surface area (Å²) >= 11 is 0. The number of imidazole rings is 1. The lowest BCUT2D eigenvalue weighted by molar-refractivity contribution is -0.138. The second-order valence-corrected chi connectivity index (χ2v) is 9.84. The maximum atomic E-state index is 12.9.